The smallest absolute Gasteiger partial charge is 0.253 e. The SMILES string of the molecule is Cl.O=C(Nc1ccc(C(=O)N2CCC3(CCNC3)CC2)cc1)C1CC1. The van der Waals surface area contributed by atoms with Gasteiger partial charge in [0.1, 0.15) is 0 Å². The van der Waals surface area contributed by atoms with Gasteiger partial charge in [0.25, 0.3) is 5.91 Å². The van der Waals surface area contributed by atoms with Crippen molar-refractivity contribution in [2.24, 2.45) is 11.3 Å². The predicted octanol–water partition coefficient (Wildman–Crippen LogP) is 2.67. The lowest BCUT2D eigenvalue weighted by Crippen LogP contribution is -2.44. The van der Waals surface area contributed by atoms with Crippen molar-refractivity contribution < 1.29 is 9.59 Å². The van der Waals surface area contributed by atoms with Gasteiger partial charge in [-0.2, -0.15) is 0 Å². The van der Waals surface area contributed by atoms with Crippen LogP contribution in [0.2, 0.25) is 0 Å². The molecule has 1 spiro atoms. The van der Waals surface area contributed by atoms with Crippen LogP contribution < -0.4 is 10.6 Å². The second-order valence-electron chi connectivity index (χ2n) is 7.56. The molecule has 2 N–H and O–H groups in total. The number of likely N-dealkylation sites (tertiary alicyclic amines) is 1. The van der Waals surface area contributed by atoms with Crippen molar-refractivity contribution in [2.75, 3.05) is 31.5 Å². The molecule has 0 unspecified atom stereocenters. The molecule has 6 heteroatoms. The fraction of sp³-hybridized carbons (Fsp3) is 0.579. The van der Waals surface area contributed by atoms with E-state index in [4.69, 9.17) is 0 Å². The Morgan fingerprint density at radius 1 is 1.08 bits per heavy atom. The molecule has 136 valence electrons. The maximum atomic E-state index is 12.7. The molecule has 2 aliphatic heterocycles. The van der Waals surface area contributed by atoms with Crippen LogP contribution in [-0.4, -0.2) is 42.9 Å². The highest BCUT2D eigenvalue weighted by molar-refractivity contribution is 5.96. The summed E-state index contributed by atoms with van der Waals surface area (Å²) in [6, 6.07) is 7.32. The summed E-state index contributed by atoms with van der Waals surface area (Å²) in [5, 5.41) is 6.37. The molecule has 25 heavy (non-hydrogen) atoms. The quantitative estimate of drug-likeness (QED) is 0.867. The first-order valence-electron chi connectivity index (χ1n) is 9.06. The van der Waals surface area contributed by atoms with Gasteiger partial charge in [0, 0.05) is 36.8 Å². The summed E-state index contributed by atoms with van der Waals surface area (Å²) in [5.74, 6) is 0.397. The van der Waals surface area contributed by atoms with Crippen molar-refractivity contribution in [1.29, 1.82) is 0 Å². The number of carbonyl (C=O) groups is 2. The van der Waals surface area contributed by atoms with Crippen molar-refractivity contribution in [3.63, 3.8) is 0 Å². The van der Waals surface area contributed by atoms with Crippen molar-refractivity contribution >= 4 is 29.9 Å². The van der Waals surface area contributed by atoms with Gasteiger partial charge in [0.15, 0.2) is 0 Å². The molecule has 2 heterocycles. The maximum absolute atomic E-state index is 12.7. The van der Waals surface area contributed by atoms with E-state index in [1.54, 1.807) is 0 Å². The summed E-state index contributed by atoms with van der Waals surface area (Å²) in [4.78, 5) is 26.4. The zero-order valence-corrected chi connectivity index (χ0v) is 15.2. The fourth-order valence-corrected chi connectivity index (χ4v) is 3.87. The van der Waals surface area contributed by atoms with E-state index in [2.05, 4.69) is 10.6 Å². The van der Waals surface area contributed by atoms with E-state index in [1.165, 1.54) is 6.42 Å². The molecule has 1 saturated carbocycles. The van der Waals surface area contributed by atoms with E-state index in [0.29, 0.717) is 11.0 Å². The van der Waals surface area contributed by atoms with Crippen LogP contribution in [0.1, 0.15) is 42.5 Å². The molecule has 1 aromatic rings. The Morgan fingerprint density at radius 3 is 2.32 bits per heavy atom. The third-order valence-electron chi connectivity index (χ3n) is 5.79. The summed E-state index contributed by atoms with van der Waals surface area (Å²) in [7, 11) is 0. The van der Waals surface area contributed by atoms with Gasteiger partial charge in [-0.3, -0.25) is 9.59 Å². The highest BCUT2D eigenvalue weighted by Gasteiger charge is 2.38. The molecule has 2 saturated heterocycles. The fourth-order valence-electron chi connectivity index (χ4n) is 3.87. The van der Waals surface area contributed by atoms with Gasteiger partial charge in [0.05, 0.1) is 0 Å². The molecular weight excluding hydrogens is 338 g/mol. The van der Waals surface area contributed by atoms with E-state index < -0.39 is 0 Å². The highest BCUT2D eigenvalue weighted by atomic mass is 35.5. The number of hydrogen-bond donors (Lipinski definition) is 2. The van der Waals surface area contributed by atoms with Crippen LogP contribution in [0.25, 0.3) is 0 Å². The number of rotatable bonds is 3. The first kappa shape index (κ1) is 18.2. The summed E-state index contributed by atoms with van der Waals surface area (Å²) in [6.45, 7) is 3.91. The predicted molar refractivity (Wildman–Crippen MR) is 100 cm³/mol. The molecule has 0 atom stereocenters. The van der Waals surface area contributed by atoms with E-state index in [9.17, 15) is 9.59 Å². The number of carbonyl (C=O) groups excluding carboxylic acids is 2. The lowest BCUT2D eigenvalue weighted by Gasteiger charge is -2.38. The molecule has 2 amide bonds. The third kappa shape index (κ3) is 3.98. The molecule has 3 fully saturated rings. The van der Waals surface area contributed by atoms with Crippen LogP contribution in [0.4, 0.5) is 5.69 Å². The number of nitrogens with zero attached hydrogens (tertiary/aromatic N) is 1. The van der Waals surface area contributed by atoms with Gasteiger partial charge in [-0.05, 0) is 68.3 Å². The minimum atomic E-state index is 0. The molecule has 1 aromatic carbocycles. The summed E-state index contributed by atoms with van der Waals surface area (Å²) < 4.78 is 0. The molecule has 0 aromatic heterocycles. The second kappa shape index (κ2) is 7.34. The molecule has 0 radical (unpaired) electrons. The average molecular weight is 364 g/mol. The maximum Gasteiger partial charge on any atom is 0.253 e. The molecule has 5 nitrogen and oxygen atoms in total. The first-order valence-corrected chi connectivity index (χ1v) is 9.06. The average Bonchev–Trinajstić information content (AvgIpc) is 3.37. The minimum Gasteiger partial charge on any atom is -0.339 e. The molecule has 3 aliphatic rings. The van der Waals surface area contributed by atoms with E-state index >= 15 is 0 Å². The monoisotopic (exact) mass is 363 g/mol. The number of anilines is 1. The topological polar surface area (TPSA) is 61.4 Å². The Kier molecular flexibility index (Phi) is 5.35. The number of benzene rings is 1. The number of piperidine rings is 1. The molecule has 4 rings (SSSR count). The lowest BCUT2D eigenvalue weighted by atomic mass is 9.78. The molecular formula is C19H26ClN3O2. The molecule has 1 aliphatic carbocycles. The van der Waals surface area contributed by atoms with Gasteiger partial charge in [-0.1, -0.05) is 0 Å². The van der Waals surface area contributed by atoms with Crippen LogP contribution >= 0.6 is 12.4 Å². The standard InChI is InChI=1S/C19H25N3O2.ClH/c23-17(14-1-2-14)21-16-5-3-15(4-6-16)18(24)22-11-8-19(9-12-22)7-10-20-13-19;/h3-6,14,20H,1-2,7-13H2,(H,21,23);1H. The third-order valence-corrected chi connectivity index (χ3v) is 5.79. The van der Waals surface area contributed by atoms with E-state index in [0.717, 1.165) is 57.5 Å². The van der Waals surface area contributed by atoms with Gasteiger partial charge in [-0.25, -0.2) is 0 Å². The van der Waals surface area contributed by atoms with Crippen molar-refractivity contribution in [3.05, 3.63) is 29.8 Å². The highest BCUT2D eigenvalue weighted by Crippen LogP contribution is 2.37. The zero-order valence-electron chi connectivity index (χ0n) is 14.4. The minimum absolute atomic E-state index is 0. The van der Waals surface area contributed by atoms with Crippen LogP contribution in [0.5, 0.6) is 0 Å². The van der Waals surface area contributed by atoms with Gasteiger partial charge in [-0.15, -0.1) is 12.4 Å². The van der Waals surface area contributed by atoms with Crippen LogP contribution in [0.15, 0.2) is 24.3 Å². The normalized spacial score (nSPS) is 21.7. The van der Waals surface area contributed by atoms with Crippen LogP contribution in [0, 0.1) is 11.3 Å². The van der Waals surface area contributed by atoms with E-state index in [-0.39, 0.29) is 30.1 Å². The number of halogens is 1. The van der Waals surface area contributed by atoms with Crippen molar-refractivity contribution in [3.8, 4) is 0 Å². The Balaban J connectivity index is 0.00000182. The van der Waals surface area contributed by atoms with Crippen LogP contribution in [-0.2, 0) is 4.79 Å². The van der Waals surface area contributed by atoms with E-state index in [1.807, 2.05) is 29.2 Å². The molecule has 0 bridgehead atoms. The lowest BCUT2D eigenvalue weighted by molar-refractivity contribution is -0.117. The Morgan fingerprint density at radius 2 is 1.76 bits per heavy atom. The Bertz CT molecular complexity index is 627. The largest absolute Gasteiger partial charge is 0.339 e. The summed E-state index contributed by atoms with van der Waals surface area (Å²) >= 11 is 0. The summed E-state index contributed by atoms with van der Waals surface area (Å²) in [6.07, 6.45) is 5.43. The zero-order chi connectivity index (χ0) is 16.6. The summed E-state index contributed by atoms with van der Waals surface area (Å²) in [5.41, 5.74) is 1.91. The number of amides is 2. The van der Waals surface area contributed by atoms with Gasteiger partial charge >= 0.3 is 0 Å². The number of hydrogen-bond acceptors (Lipinski definition) is 3. The van der Waals surface area contributed by atoms with Gasteiger partial charge in [0.2, 0.25) is 5.91 Å². The second-order valence-corrected chi connectivity index (χ2v) is 7.56. The first-order chi connectivity index (χ1) is 11.7. The van der Waals surface area contributed by atoms with Crippen LogP contribution in [0.3, 0.4) is 0 Å². The Labute approximate surface area is 154 Å². The number of nitrogens with one attached hydrogen (secondary N) is 2. The van der Waals surface area contributed by atoms with Gasteiger partial charge < -0.3 is 15.5 Å². The Hall–Kier alpha value is -1.59. The van der Waals surface area contributed by atoms with Crippen molar-refractivity contribution in [1.82, 2.24) is 10.2 Å². The van der Waals surface area contributed by atoms with Crippen molar-refractivity contribution in [2.45, 2.75) is 32.1 Å².